The largest absolute Gasteiger partial charge is 0.483 e. The van der Waals surface area contributed by atoms with E-state index in [-0.39, 0.29) is 16.7 Å². The number of hydrogen-bond acceptors (Lipinski definition) is 5. The van der Waals surface area contributed by atoms with Gasteiger partial charge in [0.2, 0.25) is 0 Å². The lowest BCUT2D eigenvalue weighted by atomic mass is 9.72. The summed E-state index contributed by atoms with van der Waals surface area (Å²) in [6.45, 7) is 4.34. The molecule has 23 heavy (non-hydrogen) atoms. The Balaban J connectivity index is 1.47. The summed E-state index contributed by atoms with van der Waals surface area (Å²) in [6, 6.07) is 5.41. The fourth-order valence-corrected chi connectivity index (χ4v) is 3.67. The third kappa shape index (κ3) is 2.87. The molecule has 6 heteroatoms. The predicted molar refractivity (Wildman–Crippen MR) is 88.1 cm³/mol. The number of piperidine rings is 1. The van der Waals surface area contributed by atoms with Crippen LogP contribution in [-0.2, 0) is 0 Å². The van der Waals surface area contributed by atoms with Crippen molar-refractivity contribution < 1.29 is 9.66 Å². The average Bonchev–Trinajstić information content (AvgIpc) is 3.30. The highest BCUT2D eigenvalue weighted by Crippen LogP contribution is 2.44. The number of benzene rings is 1. The van der Waals surface area contributed by atoms with Crippen LogP contribution in [0.25, 0.3) is 0 Å². The topological polar surface area (TPSA) is 58.8 Å². The van der Waals surface area contributed by atoms with E-state index in [4.69, 9.17) is 4.74 Å². The first-order chi connectivity index (χ1) is 11.0. The van der Waals surface area contributed by atoms with Crippen LogP contribution < -0.4 is 9.64 Å². The van der Waals surface area contributed by atoms with Gasteiger partial charge in [0.1, 0.15) is 0 Å². The van der Waals surface area contributed by atoms with E-state index >= 15 is 0 Å². The molecule has 1 aliphatic carbocycles. The van der Waals surface area contributed by atoms with Crippen molar-refractivity contribution in [1.29, 1.82) is 0 Å². The van der Waals surface area contributed by atoms with Gasteiger partial charge in [0.15, 0.2) is 5.75 Å². The molecule has 0 aromatic heterocycles. The summed E-state index contributed by atoms with van der Waals surface area (Å²) in [6.07, 6.45) is 4.63. The first-order valence-corrected chi connectivity index (χ1v) is 8.43. The van der Waals surface area contributed by atoms with Crippen LogP contribution in [0.3, 0.4) is 0 Å². The molecule has 124 valence electrons. The van der Waals surface area contributed by atoms with Crippen LogP contribution in [0.4, 0.5) is 11.4 Å². The Labute approximate surface area is 136 Å². The number of nitro groups is 1. The summed E-state index contributed by atoms with van der Waals surface area (Å²) in [5, 5.41) is 11.3. The van der Waals surface area contributed by atoms with Crippen molar-refractivity contribution in [3.63, 3.8) is 0 Å². The fourth-order valence-electron chi connectivity index (χ4n) is 3.67. The Kier molecular flexibility index (Phi) is 3.44. The highest BCUT2D eigenvalue weighted by Gasteiger charge is 2.44. The zero-order valence-corrected chi connectivity index (χ0v) is 13.5. The van der Waals surface area contributed by atoms with Gasteiger partial charge in [0.25, 0.3) is 0 Å². The van der Waals surface area contributed by atoms with Crippen LogP contribution in [0, 0.1) is 15.5 Å². The SMILES string of the molecule is CN1CCC2(CC1)CN(c1ccc(OC3CC3)c([N+](=O)[O-])c1)C2. The standard InChI is InChI=1S/C17H23N3O3/c1-18-8-6-17(7-9-18)11-19(12-17)13-2-5-16(23-14-3-4-14)15(10-13)20(21)22/h2,5,10,14H,3-4,6-9,11-12H2,1H3. The van der Waals surface area contributed by atoms with Gasteiger partial charge in [-0.3, -0.25) is 10.1 Å². The number of rotatable bonds is 4. The van der Waals surface area contributed by atoms with Crippen LogP contribution >= 0.6 is 0 Å². The van der Waals surface area contributed by atoms with Gasteiger partial charge in [-0.1, -0.05) is 0 Å². The summed E-state index contributed by atoms with van der Waals surface area (Å²) in [5.74, 6) is 0.413. The number of likely N-dealkylation sites (tertiary alicyclic amines) is 1. The third-order valence-electron chi connectivity index (χ3n) is 5.42. The molecule has 0 amide bonds. The molecular weight excluding hydrogens is 294 g/mol. The van der Waals surface area contributed by atoms with Crippen LogP contribution in [0.15, 0.2) is 18.2 Å². The smallest absolute Gasteiger partial charge is 0.312 e. The van der Waals surface area contributed by atoms with E-state index in [2.05, 4.69) is 16.8 Å². The molecule has 3 aliphatic rings. The maximum atomic E-state index is 11.3. The monoisotopic (exact) mass is 317 g/mol. The van der Waals surface area contributed by atoms with Crippen molar-refractivity contribution in [3.05, 3.63) is 28.3 Å². The highest BCUT2D eigenvalue weighted by molar-refractivity contribution is 5.61. The predicted octanol–water partition coefficient (Wildman–Crippen LogP) is 2.67. The summed E-state index contributed by atoms with van der Waals surface area (Å²) in [7, 11) is 2.17. The Morgan fingerprint density at radius 3 is 2.57 bits per heavy atom. The van der Waals surface area contributed by atoms with Crippen LogP contribution in [0.5, 0.6) is 5.75 Å². The molecule has 1 aromatic rings. The van der Waals surface area contributed by atoms with Crippen molar-refractivity contribution in [1.82, 2.24) is 4.90 Å². The number of ether oxygens (including phenoxy) is 1. The van der Waals surface area contributed by atoms with Crippen molar-refractivity contribution in [2.45, 2.75) is 31.8 Å². The van der Waals surface area contributed by atoms with Gasteiger partial charge in [-0.15, -0.1) is 0 Å². The van der Waals surface area contributed by atoms with E-state index in [1.165, 1.54) is 12.8 Å². The number of nitrogens with zero attached hydrogens (tertiary/aromatic N) is 3. The molecule has 4 rings (SSSR count). The lowest BCUT2D eigenvalue weighted by molar-refractivity contribution is -0.385. The molecule has 2 aliphatic heterocycles. The molecule has 2 heterocycles. The van der Waals surface area contributed by atoms with Gasteiger partial charge in [0, 0.05) is 30.3 Å². The van der Waals surface area contributed by atoms with E-state index in [0.29, 0.717) is 11.2 Å². The summed E-state index contributed by atoms with van der Waals surface area (Å²) in [5.41, 5.74) is 1.47. The fraction of sp³-hybridized carbons (Fsp3) is 0.647. The summed E-state index contributed by atoms with van der Waals surface area (Å²) < 4.78 is 5.66. The van der Waals surface area contributed by atoms with Gasteiger partial charge >= 0.3 is 5.69 Å². The first kappa shape index (κ1) is 14.8. The molecule has 0 bridgehead atoms. The molecular formula is C17H23N3O3. The first-order valence-electron chi connectivity index (χ1n) is 8.43. The van der Waals surface area contributed by atoms with Crippen molar-refractivity contribution in [3.8, 4) is 5.75 Å². The van der Waals surface area contributed by atoms with Gasteiger partial charge in [-0.25, -0.2) is 0 Å². The second-order valence-electron chi connectivity index (χ2n) is 7.39. The number of hydrogen-bond donors (Lipinski definition) is 0. The maximum Gasteiger partial charge on any atom is 0.312 e. The van der Waals surface area contributed by atoms with Crippen LogP contribution in [0.1, 0.15) is 25.7 Å². The second kappa shape index (κ2) is 5.37. The van der Waals surface area contributed by atoms with E-state index in [0.717, 1.165) is 44.7 Å². The molecule has 0 unspecified atom stereocenters. The molecule has 1 spiro atoms. The van der Waals surface area contributed by atoms with Crippen LogP contribution in [-0.4, -0.2) is 49.2 Å². The van der Waals surface area contributed by atoms with Crippen molar-refractivity contribution in [2.75, 3.05) is 38.1 Å². The van der Waals surface area contributed by atoms with Crippen molar-refractivity contribution >= 4 is 11.4 Å². The molecule has 0 N–H and O–H groups in total. The molecule has 1 saturated carbocycles. The van der Waals surface area contributed by atoms with E-state index < -0.39 is 0 Å². The van der Waals surface area contributed by atoms with Gasteiger partial charge in [0.05, 0.1) is 11.0 Å². The highest BCUT2D eigenvalue weighted by atomic mass is 16.6. The van der Waals surface area contributed by atoms with Gasteiger partial charge < -0.3 is 14.5 Å². The van der Waals surface area contributed by atoms with Gasteiger partial charge in [-0.2, -0.15) is 0 Å². The lowest BCUT2D eigenvalue weighted by Gasteiger charge is -2.54. The number of nitro benzene ring substituents is 1. The Hall–Kier alpha value is -1.82. The minimum Gasteiger partial charge on any atom is -0.483 e. The Bertz CT molecular complexity index is 614. The molecule has 1 aromatic carbocycles. The van der Waals surface area contributed by atoms with E-state index in [1.807, 2.05) is 6.07 Å². The minimum absolute atomic E-state index is 0.0960. The van der Waals surface area contributed by atoms with Gasteiger partial charge in [-0.05, 0) is 58.0 Å². The summed E-state index contributed by atoms with van der Waals surface area (Å²) in [4.78, 5) is 15.7. The van der Waals surface area contributed by atoms with Crippen LogP contribution in [0.2, 0.25) is 0 Å². The molecule has 6 nitrogen and oxygen atoms in total. The third-order valence-corrected chi connectivity index (χ3v) is 5.42. The Morgan fingerprint density at radius 2 is 1.96 bits per heavy atom. The number of anilines is 1. The van der Waals surface area contributed by atoms with E-state index in [9.17, 15) is 10.1 Å². The van der Waals surface area contributed by atoms with Crippen molar-refractivity contribution in [2.24, 2.45) is 5.41 Å². The molecule has 0 radical (unpaired) electrons. The summed E-state index contributed by atoms with van der Waals surface area (Å²) >= 11 is 0. The normalized spacial score (nSPS) is 23.6. The maximum absolute atomic E-state index is 11.3. The molecule has 0 atom stereocenters. The molecule has 2 saturated heterocycles. The minimum atomic E-state index is -0.327. The lowest BCUT2D eigenvalue weighted by Crippen LogP contribution is -2.60. The average molecular weight is 317 g/mol. The quantitative estimate of drug-likeness (QED) is 0.631. The molecule has 3 fully saturated rings. The zero-order chi connectivity index (χ0) is 16.0. The zero-order valence-electron chi connectivity index (χ0n) is 13.5. The van der Waals surface area contributed by atoms with E-state index in [1.54, 1.807) is 12.1 Å². The second-order valence-corrected chi connectivity index (χ2v) is 7.39. The Morgan fingerprint density at radius 1 is 1.26 bits per heavy atom.